The summed E-state index contributed by atoms with van der Waals surface area (Å²) in [5, 5.41) is 0. The number of nitrogens with one attached hydrogen (secondary N) is 1. The lowest BCUT2D eigenvalue weighted by Gasteiger charge is -2.26. The van der Waals surface area contributed by atoms with Crippen LogP contribution < -0.4 is 0 Å². The third-order valence-corrected chi connectivity index (χ3v) is 3.98. The predicted octanol–water partition coefficient (Wildman–Crippen LogP) is 2.93. The van der Waals surface area contributed by atoms with E-state index in [1.807, 2.05) is 19.9 Å². The van der Waals surface area contributed by atoms with Gasteiger partial charge in [0.1, 0.15) is 0 Å². The lowest BCUT2D eigenvalue weighted by atomic mass is 10.0. The number of nitrogens with zero attached hydrogens (tertiary/aromatic N) is 1. The second-order valence-corrected chi connectivity index (χ2v) is 5.84. The van der Waals surface area contributed by atoms with Crippen LogP contribution in [0.15, 0.2) is 6.07 Å². The number of carbonyl (C=O) groups is 1. The number of aromatic nitrogens is 1. The minimum Gasteiger partial charge on any atom is -0.362 e. The van der Waals surface area contributed by atoms with Crippen LogP contribution in [-0.4, -0.2) is 34.8 Å². The van der Waals surface area contributed by atoms with Gasteiger partial charge in [-0.2, -0.15) is 0 Å². The molecule has 2 rings (SSSR count). The molecule has 1 saturated heterocycles. The molecule has 1 N–H and O–H groups in total. The van der Waals surface area contributed by atoms with Gasteiger partial charge in [-0.3, -0.25) is 9.69 Å². The normalized spacial score (nSPS) is 20.8. The number of ketones is 1. The molecule has 0 aliphatic carbocycles. The zero-order valence-electron chi connectivity index (χ0n) is 11.9. The summed E-state index contributed by atoms with van der Waals surface area (Å²) in [5.74, 6) is 0.888. The van der Waals surface area contributed by atoms with E-state index in [9.17, 15) is 4.79 Å². The van der Waals surface area contributed by atoms with Gasteiger partial charge in [0.2, 0.25) is 0 Å². The van der Waals surface area contributed by atoms with Crippen LogP contribution in [0.3, 0.4) is 0 Å². The van der Waals surface area contributed by atoms with Gasteiger partial charge in [0.15, 0.2) is 5.78 Å². The van der Waals surface area contributed by atoms with Crippen LogP contribution in [0.4, 0.5) is 0 Å². The number of H-pyrrole nitrogens is 1. The highest BCUT2D eigenvalue weighted by Crippen LogP contribution is 2.24. The van der Waals surface area contributed by atoms with Gasteiger partial charge in [-0.1, -0.05) is 13.8 Å². The Balaban J connectivity index is 2.05. The van der Waals surface area contributed by atoms with Gasteiger partial charge in [-0.25, -0.2) is 0 Å². The maximum atomic E-state index is 12.3. The standard InChI is InChI=1S/C15H24N2O/c1-10(2)14-6-5-7-17(14)9-15(18)13-8-11(3)16-12(13)4/h8,10,14,16H,5-7,9H2,1-4H3. The molecule has 1 aromatic rings. The Morgan fingerprint density at radius 2 is 2.22 bits per heavy atom. The Labute approximate surface area is 110 Å². The van der Waals surface area contributed by atoms with Gasteiger partial charge in [0, 0.05) is 23.0 Å². The first-order chi connectivity index (χ1) is 8.49. The van der Waals surface area contributed by atoms with E-state index in [0.717, 1.165) is 23.5 Å². The van der Waals surface area contributed by atoms with E-state index in [2.05, 4.69) is 23.7 Å². The van der Waals surface area contributed by atoms with Crippen molar-refractivity contribution < 1.29 is 4.79 Å². The molecule has 1 fully saturated rings. The maximum absolute atomic E-state index is 12.3. The highest BCUT2D eigenvalue weighted by molar-refractivity contribution is 5.98. The molecule has 1 aromatic heterocycles. The second kappa shape index (κ2) is 5.27. The van der Waals surface area contributed by atoms with E-state index >= 15 is 0 Å². The average molecular weight is 248 g/mol. The van der Waals surface area contributed by atoms with E-state index in [1.165, 1.54) is 12.8 Å². The lowest BCUT2D eigenvalue weighted by Crippen LogP contribution is -2.37. The van der Waals surface area contributed by atoms with E-state index in [0.29, 0.717) is 18.5 Å². The summed E-state index contributed by atoms with van der Waals surface area (Å²) in [6.07, 6.45) is 2.46. The van der Waals surface area contributed by atoms with Crippen molar-refractivity contribution in [3.05, 3.63) is 23.0 Å². The van der Waals surface area contributed by atoms with Gasteiger partial charge in [-0.05, 0) is 45.2 Å². The zero-order chi connectivity index (χ0) is 13.3. The molecule has 3 nitrogen and oxygen atoms in total. The van der Waals surface area contributed by atoms with Crippen LogP contribution in [0.2, 0.25) is 0 Å². The van der Waals surface area contributed by atoms with Gasteiger partial charge in [0.25, 0.3) is 0 Å². The Bertz CT molecular complexity index is 434. The first-order valence-electron chi connectivity index (χ1n) is 6.92. The third-order valence-electron chi connectivity index (χ3n) is 3.98. The van der Waals surface area contributed by atoms with Crippen molar-refractivity contribution in [3.63, 3.8) is 0 Å². The predicted molar refractivity (Wildman–Crippen MR) is 74.0 cm³/mol. The molecule has 1 aliphatic rings. The number of hydrogen-bond donors (Lipinski definition) is 1. The van der Waals surface area contributed by atoms with Gasteiger partial charge < -0.3 is 4.98 Å². The van der Waals surface area contributed by atoms with Crippen LogP contribution in [0.5, 0.6) is 0 Å². The summed E-state index contributed by atoms with van der Waals surface area (Å²) in [7, 11) is 0. The maximum Gasteiger partial charge on any atom is 0.178 e. The van der Waals surface area contributed by atoms with Crippen molar-refractivity contribution in [3.8, 4) is 0 Å². The first kappa shape index (κ1) is 13.3. The second-order valence-electron chi connectivity index (χ2n) is 5.84. The van der Waals surface area contributed by atoms with Crippen LogP contribution in [0, 0.1) is 19.8 Å². The molecule has 0 saturated carbocycles. The lowest BCUT2D eigenvalue weighted by molar-refractivity contribution is 0.0903. The molecule has 1 atom stereocenters. The number of aryl methyl sites for hydroxylation is 2. The van der Waals surface area contributed by atoms with E-state index in [1.54, 1.807) is 0 Å². The molecular weight excluding hydrogens is 224 g/mol. The Hall–Kier alpha value is -1.09. The number of hydrogen-bond acceptors (Lipinski definition) is 2. The minimum atomic E-state index is 0.254. The van der Waals surface area contributed by atoms with Crippen LogP contribution in [0.25, 0.3) is 0 Å². The van der Waals surface area contributed by atoms with Crippen molar-refractivity contribution in [2.45, 2.75) is 46.6 Å². The van der Waals surface area contributed by atoms with Crippen molar-refractivity contribution >= 4 is 5.78 Å². The molecule has 0 aromatic carbocycles. The van der Waals surface area contributed by atoms with Crippen LogP contribution >= 0.6 is 0 Å². The topological polar surface area (TPSA) is 36.1 Å². The molecule has 2 heterocycles. The molecule has 0 amide bonds. The van der Waals surface area contributed by atoms with E-state index in [-0.39, 0.29) is 5.78 Å². The monoisotopic (exact) mass is 248 g/mol. The third kappa shape index (κ3) is 2.66. The van der Waals surface area contributed by atoms with E-state index in [4.69, 9.17) is 0 Å². The Kier molecular flexibility index (Phi) is 3.91. The van der Waals surface area contributed by atoms with Crippen molar-refractivity contribution in [1.29, 1.82) is 0 Å². The number of Topliss-reactive ketones (excluding diaryl/α,β-unsaturated/α-hetero) is 1. The molecule has 0 bridgehead atoms. The highest BCUT2D eigenvalue weighted by atomic mass is 16.1. The largest absolute Gasteiger partial charge is 0.362 e. The number of likely N-dealkylation sites (tertiary alicyclic amines) is 1. The van der Waals surface area contributed by atoms with Crippen LogP contribution in [0.1, 0.15) is 48.4 Å². The fourth-order valence-electron chi connectivity index (χ4n) is 3.09. The first-order valence-corrected chi connectivity index (χ1v) is 6.92. The van der Waals surface area contributed by atoms with Crippen molar-refractivity contribution in [2.75, 3.05) is 13.1 Å². The molecule has 0 spiro atoms. The molecule has 18 heavy (non-hydrogen) atoms. The average Bonchev–Trinajstić information content (AvgIpc) is 2.85. The molecule has 100 valence electrons. The summed E-state index contributed by atoms with van der Waals surface area (Å²) < 4.78 is 0. The molecule has 0 radical (unpaired) electrons. The summed E-state index contributed by atoms with van der Waals surface area (Å²) in [5.41, 5.74) is 2.93. The molecular formula is C15H24N2O. The highest BCUT2D eigenvalue weighted by Gasteiger charge is 2.29. The summed E-state index contributed by atoms with van der Waals surface area (Å²) in [6.45, 7) is 10.1. The Morgan fingerprint density at radius 1 is 1.50 bits per heavy atom. The van der Waals surface area contributed by atoms with Gasteiger partial charge >= 0.3 is 0 Å². The summed E-state index contributed by atoms with van der Waals surface area (Å²) >= 11 is 0. The van der Waals surface area contributed by atoms with Gasteiger partial charge in [0.05, 0.1) is 6.54 Å². The molecule has 1 unspecified atom stereocenters. The van der Waals surface area contributed by atoms with Crippen molar-refractivity contribution in [1.82, 2.24) is 9.88 Å². The Morgan fingerprint density at radius 3 is 2.78 bits per heavy atom. The molecule has 3 heteroatoms. The number of rotatable bonds is 4. The zero-order valence-corrected chi connectivity index (χ0v) is 11.9. The quantitative estimate of drug-likeness (QED) is 0.832. The minimum absolute atomic E-state index is 0.254. The SMILES string of the molecule is Cc1cc(C(=O)CN2CCCC2C(C)C)c(C)[nH]1. The summed E-state index contributed by atoms with van der Waals surface area (Å²) in [4.78, 5) is 17.9. The van der Waals surface area contributed by atoms with Crippen LogP contribution in [-0.2, 0) is 0 Å². The fraction of sp³-hybridized carbons (Fsp3) is 0.667. The fourth-order valence-corrected chi connectivity index (χ4v) is 3.09. The smallest absolute Gasteiger partial charge is 0.178 e. The summed E-state index contributed by atoms with van der Waals surface area (Å²) in [6, 6.07) is 2.55. The van der Waals surface area contributed by atoms with Crippen molar-refractivity contribution in [2.24, 2.45) is 5.92 Å². The number of aromatic amines is 1. The number of carbonyl (C=O) groups excluding carboxylic acids is 1. The van der Waals surface area contributed by atoms with E-state index < -0.39 is 0 Å². The molecule has 1 aliphatic heterocycles. The van der Waals surface area contributed by atoms with Gasteiger partial charge in [-0.15, -0.1) is 0 Å².